The van der Waals surface area contributed by atoms with Crippen LogP contribution < -0.4 is 5.32 Å². The number of carboxylic acids is 1. The first-order valence-corrected chi connectivity index (χ1v) is 7.32. The smallest absolute Gasteiger partial charge is 0.355 e. The minimum Gasteiger partial charge on any atom is -0.476 e. The first-order valence-electron chi connectivity index (χ1n) is 6.51. The molecule has 0 fully saturated rings. The number of carboxylic acid groups (broad SMARTS) is 1. The zero-order valence-corrected chi connectivity index (χ0v) is 12.6. The summed E-state index contributed by atoms with van der Waals surface area (Å²) >= 11 is 1.37. The minimum atomic E-state index is -0.979. The Hall–Kier alpha value is -1.88. The molecule has 0 unspecified atom stereocenters. The van der Waals surface area contributed by atoms with E-state index in [-0.39, 0.29) is 5.69 Å². The van der Waals surface area contributed by atoms with Gasteiger partial charge in [0, 0.05) is 11.4 Å². The molecule has 0 radical (unpaired) electrons. The summed E-state index contributed by atoms with van der Waals surface area (Å²) < 4.78 is 0. The van der Waals surface area contributed by atoms with Crippen molar-refractivity contribution in [2.75, 3.05) is 5.32 Å². The summed E-state index contributed by atoms with van der Waals surface area (Å²) in [6.07, 6.45) is 0. The predicted octanol–water partition coefficient (Wildman–Crippen LogP) is 3.89. The molecule has 0 bridgehead atoms. The van der Waals surface area contributed by atoms with Crippen molar-refractivity contribution in [3.05, 3.63) is 46.0 Å². The van der Waals surface area contributed by atoms with E-state index in [0.29, 0.717) is 17.6 Å². The van der Waals surface area contributed by atoms with Gasteiger partial charge in [-0.2, -0.15) is 0 Å². The van der Waals surface area contributed by atoms with Crippen LogP contribution in [-0.2, 0) is 6.54 Å². The molecule has 20 heavy (non-hydrogen) atoms. The number of aromatic carboxylic acids is 1. The number of carbonyl (C=O) groups is 1. The van der Waals surface area contributed by atoms with E-state index in [1.165, 1.54) is 16.9 Å². The molecule has 0 aliphatic rings. The van der Waals surface area contributed by atoms with Crippen LogP contribution in [0.15, 0.2) is 24.3 Å². The highest BCUT2D eigenvalue weighted by molar-refractivity contribution is 7.15. The monoisotopic (exact) mass is 290 g/mol. The largest absolute Gasteiger partial charge is 0.476 e. The maximum absolute atomic E-state index is 10.9. The van der Waals surface area contributed by atoms with E-state index in [1.54, 1.807) is 6.92 Å². The van der Waals surface area contributed by atoms with Gasteiger partial charge in [0.25, 0.3) is 0 Å². The third-order valence-electron chi connectivity index (χ3n) is 3.09. The van der Waals surface area contributed by atoms with Crippen LogP contribution in [0.2, 0.25) is 0 Å². The number of thiazole rings is 1. The van der Waals surface area contributed by atoms with Crippen molar-refractivity contribution >= 4 is 22.4 Å². The molecule has 1 heterocycles. The van der Waals surface area contributed by atoms with Crippen molar-refractivity contribution in [2.45, 2.75) is 33.2 Å². The van der Waals surface area contributed by atoms with Crippen molar-refractivity contribution in [2.24, 2.45) is 0 Å². The van der Waals surface area contributed by atoms with Gasteiger partial charge in [-0.1, -0.05) is 38.1 Å². The van der Waals surface area contributed by atoms with Crippen LogP contribution in [0, 0.1) is 6.92 Å². The Kier molecular flexibility index (Phi) is 4.39. The molecule has 1 aromatic heterocycles. The molecule has 4 nitrogen and oxygen atoms in total. The molecule has 0 aliphatic carbocycles. The number of anilines is 1. The fraction of sp³-hybridized carbons (Fsp3) is 0.333. The van der Waals surface area contributed by atoms with Gasteiger partial charge in [-0.15, -0.1) is 11.3 Å². The van der Waals surface area contributed by atoms with Gasteiger partial charge in [-0.3, -0.25) is 0 Å². The van der Waals surface area contributed by atoms with Gasteiger partial charge in [-0.05, 0) is 24.0 Å². The third kappa shape index (κ3) is 3.36. The Morgan fingerprint density at radius 2 is 2.00 bits per heavy atom. The Bertz CT molecular complexity index is 603. The number of hydrogen-bond acceptors (Lipinski definition) is 4. The van der Waals surface area contributed by atoms with Crippen LogP contribution in [0.5, 0.6) is 0 Å². The molecule has 0 aliphatic heterocycles. The Morgan fingerprint density at radius 1 is 1.35 bits per heavy atom. The third-order valence-corrected chi connectivity index (χ3v) is 4.02. The molecule has 106 valence electrons. The summed E-state index contributed by atoms with van der Waals surface area (Å²) in [7, 11) is 0. The van der Waals surface area contributed by atoms with Crippen LogP contribution in [-0.4, -0.2) is 16.1 Å². The molecule has 2 N–H and O–H groups in total. The number of rotatable bonds is 5. The summed E-state index contributed by atoms with van der Waals surface area (Å²) in [4.78, 5) is 15.7. The van der Waals surface area contributed by atoms with Crippen LogP contribution >= 0.6 is 11.3 Å². The summed E-state index contributed by atoms with van der Waals surface area (Å²) in [5, 5.41) is 12.8. The molecular weight excluding hydrogens is 272 g/mol. The highest BCUT2D eigenvalue weighted by Gasteiger charge is 2.13. The molecule has 2 rings (SSSR count). The van der Waals surface area contributed by atoms with E-state index in [1.807, 2.05) is 0 Å². The van der Waals surface area contributed by atoms with Crippen molar-refractivity contribution in [1.29, 1.82) is 0 Å². The average Bonchev–Trinajstić information content (AvgIpc) is 2.78. The maximum Gasteiger partial charge on any atom is 0.355 e. The zero-order chi connectivity index (χ0) is 14.7. The number of benzene rings is 1. The molecule has 2 aromatic rings. The van der Waals surface area contributed by atoms with Gasteiger partial charge in [0.15, 0.2) is 10.8 Å². The lowest BCUT2D eigenvalue weighted by Gasteiger charge is -2.07. The zero-order valence-electron chi connectivity index (χ0n) is 11.8. The van der Waals surface area contributed by atoms with Gasteiger partial charge in [-0.25, -0.2) is 9.78 Å². The van der Waals surface area contributed by atoms with Gasteiger partial charge < -0.3 is 10.4 Å². The summed E-state index contributed by atoms with van der Waals surface area (Å²) in [5.41, 5.74) is 2.60. The van der Waals surface area contributed by atoms with Gasteiger partial charge >= 0.3 is 5.97 Å². The molecule has 0 spiro atoms. The van der Waals surface area contributed by atoms with Crippen LogP contribution in [0.3, 0.4) is 0 Å². The van der Waals surface area contributed by atoms with Crippen LogP contribution in [0.1, 0.15) is 46.3 Å². The van der Waals surface area contributed by atoms with Crippen molar-refractivity contribution < 1.29 is 9.90 Å². The summed E-state index contributed by atoms with van der Waals surface area (Å²) in [5.74, 6) is -0.454. The SMILES string of the molecule is Cc1sc(NCc2ccc(C(C)C)cc2)nc1C(=O)O. The van der Waals surface area contributed by atoms with Crippen LogP contribution in [0.25, 0.3) is 0 Å². The molecule has 0 saturated carbocycles. The van der Waals surface area contributed by atoms with Crippen molar-refractivity contribution in [3.63, 3.8) is 0 Å². The number of nitrogens with zero attached hydrogens (tertiary/aromatic N) is 1. The minimum absolute atomic E-state index is 0.132. The summed E-state index contributed by atoms with van der Waals surface area (Å²) in [6.45, 7) is 6.74. The number of hydrogen-bond donors (Lipinski definition) is 2. The van der Waals surface area contributed by atoms with E-state index < -0.39 is 5.97 Å². The average molecular weight is 290 g/mol. The van der Waals surface area contributed by atoms with E-state index in [9.17, 15) is 4.79 Å². The first-order chi connectivity index (χ1) is 9.47. The Morgan fingerprint density at radius 3 is 2.50 bits per heavy atom. The fourth-order valence-electron chi connectivity index (χ4n) is 1.87. The predicted molar refractivity (Wildman–Crippen MR) is 81.7 cm³/mol. The van der Waals surface area contributed by atoms with Crippen molar-refractivity contribution in [3.8, 4) is 0 Å². The highest BCUT2D eigenvalue weighted by atomic mass is 32.1. The number of nitrogens with one attached hydrogen (secondary N) is 1. The highest BCUT2D eigenvalue weighted by Crippen LogP contribution is 2.23. The molecular formula is C15H18N2O2S. The molecule has 1 aromatic carbocycles. The first kappa shape index (κ1) is 14.5. The Balaban J connectivity index is 2.01. The normalized spacial score (nSPS) is 10.8. The quantitative estimate of drug-likeness (QED) is 0.877. The second-order valence-corrected chi connectivity index (χ2v) is 6.18. The summed E-state index contributed by atoms with van der Waals surface area (Å²) in [6, 6.07) is 8.41. The van der Waals surface area contributed by atoms with Crippen molar-refractivity contribution in [1.82, 2.24) is 4.98 Å². The van der Waals surface area contributed by atoms with E-state index in [2.05, 4.69) is 48.4 Å². The lowest BCUT2D eigenvalue weighted by Crippen LogP contribution is -2.02. The van der Waals surface area contributed by atoms with Crippen LogP contribution in [0.4, 0.5) is 5.13 Å². The molecule has 5 heteroatoms. The Labute approximate surface area is 122 Å². The fourth-order valence-corrected chi connectivity index (χ4v) is 2.67. The number of aryl methyl sites for hydroxylation is 1. The van der Waals surface area contributed by atoms with Gasteiger partial charge in [0.2, 0.25) is 0 Å². The number of aromatic nitrogens is 1. The molecule has 0 saturated heterocycles. The molecule has 0 atom stereocenters. The van der Waals surface area contributed by atoms with E-state index in [0.717, 1.165) is 10.4 Å². The topological polar surface area (TPSA) is 62.2 Å². The lowest BCUT2D eigenvalue weighted by molar-refractivity contribution is 0.0690. The van der Waals surface area contributed by atoms with Gasteiger partial charge in [0.1, 0.15) is 0 Å². The van der Waals surface area contributed by atoms with Gasteiger partial charge in [0.05, 0.1) is 0 Å². The standard InChI is InChI=1S/C15H18N2O2S/c1-9(2)12-6-4-11(5-7-12)8-16-15-17-13(14(18)19)10(3)20-15/h4-7,9H,8H2,1-3H3,(H,16,17)(H,18,19). The second kappa shape index (κ2) is 6.05. The maximum atomic E-state index is 10.9. The van der Waals surface area contributed by atoms with E-state index in [4.69, 9.17) is 5.11 Å². The second-order valence-electron chi connectivity index (χ2n) is 4.98. The van der Waals surface area contributed by atoms with E-state index >= 15 is 0 Å². The molecule has 0 amide bonds. The lowest BCUT2D eigenvalue weighted by atomic mass is 10.0.